The summed E-state index contributed by atoms with van der Waals surface area (Å²) in [6, 6.07) is 2.87. The van der Waals surface area contributed by atoms with Crippen molar-refractivity contribution in [1.82, 2.24) is 0 Å². The maximum absolute atomic E-state index is 12.6. The third-order valence-electron chi connectivity index (χ3n) is 4.14. The summed E-state index contributed by atoms with van der Waals surface area (Å²) in [5, 5.41) is 0.730. The van der Waals surface area contributed by atoms with Crippen molar-refractivity contribution in [2.24, 2.45) is 11.8 Å². The van der Waals surface area contributed by atoms with Crippen molar-refractivity contribution in [3.05, 3.63) is 39.4 Å². The van der Waals surface area contributed by atoms with Gasteiger partial charge in [0.1, 0.15) is 0 Å². The van der Waals surface area contributed by atoms with Crippen LogP contribution in [0.5, 0.6) is 0 Å². The minimum Gasteiger partial charge on any atom is -0.365 e. The van der Waals surface area contributed by atoms with Gasteiger partial charge in [0.2, 0.25) is 11.8 Å². The molecule has 4 rings (SSSR count). The van der Waals surface area contributed by atoms with E-state index in [1.807, 2.05) is 12.2 Å². The second kappa shape index (κ2) is 4.46. The number of rotatable bonds is 1. The molecule has 0 aromatic heterocycles. The summed E-state index contributed by atoms with van der Waals surface area (Å²) in [6.45, 7) is 0. The minimum atomic E-state index is -0.474. The monoisotopic (exact) mass is 343 g/mol. The second-order valence-electron chi connectivity index (χ2n) is 5.23. The van der Waals surface area contributed by atoms with Gasteiger partial charge in [0.05, 0.1) is 44.8 Å². The van der Waals surface area contributed by atoms with E-state index in [-0.39, 0.29) is 44.8 Å². The molecule has 4 nitrogen and oxygen atoms in total. The van der Waals surface area contributed by atoms with Crippen LogP contribution in [0.1, 0.15) is 0 Å². The van der Waals surface area contributed by atoms with Crippen molar-refractivity contribution in [3.8, 4) is 0 Å². The number of halogens is 3. The van der Waals surface area contributed by atoms with Crippen molar-refractivity contribution in [3.63, 3.8) is 0 Å². The zero-order chi connectivity index (χ0) is 14.9. The molecule has 3 heterocycles. The summed E-state index contributed by atoms with van der Waals surface area (Å²) in [6.07, 6.45) is 3.00. The van der Waals surface area contributed by atoms with Crippen molar-refractivity contribution in [1.29, 1.82) is 0 Å². The molecule has 2 saturated heterocycles. The smallest absolute Gasteiger partial charge is 0.240 e. The van der Waals surface area contributed by atoms with E-state index in [2.05, 4.69) is 0 Å². The van der Waals surface area contributed by atoms with E-state index < -0.39 is 11.8 Å². The van der Waals surface area contributed by atoms with Gasteiger partial charge in [-0.2, -0.15) is 0 Å². The van der Waals surface area contributed by atoms with Gasteiger partial charge in [-0.1, -0.05) is 47.0 Å². The van der Waals surface area contributed by atoms with Gasteiger partial charge in [-0.15, -0.1) is 0 Å². The number of anilines is 1. The van der Waals surface area contributed by atoms with E-state index in [1.165, 1.54) is 12.1 Å². The lowest BCUT2D eigenvalue weighted by Gasteiger charge is -2.19. The predicted octanol–water partition coefficient (Wildman–Crippen LogP) is 3.09. The van der Waals surface area contributed by atoms with Crippen LogP contribution in [-0.4, -0.2) is 24.0 Å². The van der Waals surface area contributed by atoms with Crippen molar-refractivity contribution in [2.45, 2.75) is 12.2 Å². The molecule has 1 aromatic rings. The van der Waals surface area contributed by atoms with Crippen LogP contribution in [0.3, 0.4) is 0 Å². The molecule has 108 valence electrons. The fourth-order valence-corrected chi connectivity index (χ4v) is 3.85. The van der Waals surface area contributed by atoms with Crippen LogP contribution in [0.15, 0.2) is 24.3 Å². The first-order valence-electron chi connectivity index (χ1n) is 6.35. The maximum atomic E-state index is 12.6. The fourth-order valence-electron chi connectivity index (χ4n) is 3.22. The molecule has 0 saturated carbocycles. The Morgan fingerprint density at radius 1 is 0.857 bits per heavy atom. The molecular formula is C14H8Cl3NO3. The first-order valence-corrected chi connectivity index (χ1v) is 7.48. The summed E-state index contributed by atoms with van der Waals surface area (Å²) in [5.41, 5.74) is 0.273. The molecule has 4 atom stereocenters. The zero-order valence-electron chi connectivity index (χ0n) is 10.4. The highest BCUT2D eigenvalue weighted by Gasteiger charge is 2.61. The molecule has 0 radical (unpaired) electrons. The molecule has 0 unspecified atom stereocenters. The summed E-state index contributed by atoms with van der Waals surface area (Å²) in [7, 11) is 0. The van der Waals surface area contributed by atoms with Gasteiger partial charge in [-0.05, 0) is 12.1 Å². The van der Waals surface area contributed by atoms with Gasteiger partial charge in [0.15, 0.2) is 0 Å². The Hall–Kier alpha value is -1.07. The lowest BCUT2D eigenvalue weighted by molar-refractivity contribution is -0.124. The van der Waals surface area contributed by atoms with Gasteiger partial charge >= 0.3 is 0 Å². The number of fused-ring (bicyclic) bond motifs is 5. The molecule has 0 N–H and O–H groups in total. The van der Waals surface area contributed by atoms with E-state index in [0.29, 0.717) is 0 Å². The van der Waals surface area contributed by atoms with Gasteiger partial charge < -0.3 is 4.74 Å². The first-order chi connectivity index (χ1) is 9.99. The number of amides is 2. The molecule has 0 spiro atoms. The SMILES string of the molecule is O=C1[C@@H]2[C@H](C(=O)N1c1cc(Cl)c(Cl)cc1Cl)[C@@H]1C=C[C@H]2O1. The third-order valence-corrected chi connectivity index (χ3v) is 5.17. The lowest BCUT2D eigenvalue weighted by atomic mass is 9.85. The number of carbonyl (C=O) groups excluding carboxylic acids is 2. The summed E-state index contributed by atoms with van der Waals surface area (Å²) >= 11 is 18.0. The normalized spacial score (nSPS) is 33.2. The van der Waals surface area contributed by atoms with Crippen LogP contribution >= 0.6 is 34.8 Å². The Morgan fingerprint density at radius 2 is 1.38 bits per heavy atom. The number of ether oxygens (including phenoxy) is 1. The zero-order valence-corrected chi connectivity index (χ0v) is 12.7. The Kier molecular flexibility index (Phi) is 2.89. The molecule has 7 heteroatoms. The minimum absolute atomic E-state index is 0.215. The van der Waals surface area contributed by atoms with Crippen LogP contribution in [0.2, 0.25) is 15.1 Å². The van der Waals surface area contributed by atoms with Gasteiger partial charge in [0, 0.05) is 0 Å². The molecule has 2 fully saturated rings. The molecule has 0 aliphatic carbocycles. The van der Waals surface area contributed by atoms with Gasteiger partial charge in [-0.25, -0.2) is 4.90 Å². The maximum Gasteiger partial charge on any atom is 0.240 e. The standard InChI is InChI=1S/C14H8Cl3NO3/c15-5-3-7(17)8(4-6(5)16)18-13(19)11-9-1-2-10(21-9)12(11)14(18)20/h1-4,9-12H/t9-,10+,11+,12-. The topological polar surface area (TPSA) is 46.6 Å². The second-order valence-corrected chi connectivity index (χ2v) is 6.45. The number of hydrogen-bond donors (Lipinski definition) is 0. The Labute approximate surface area is 135 Å². The summed E-state index contributed by atoms with van der Waals surface area (Å²) in [5.74, 6) is -1.56. The van der Waals surface area contributed by atoms with Crippen LogP contribution in [0.4, 0.5) is 5.69 Å². The van der Waals surface area contributed by atoms with Crippen molar-refractivity contribution < 1.29 is 14.3 Å². The Bertz CT molecular complexity index is 688. The average Bonchev–Trinajstić information content (AvgIpc) is 3.09. The highest BCUT2D eigenvalue weighted by atomic mass is 35.5. The fraction of sp³-hybridized carbons (Fsp3) is 0.286. The predicted molar refractivity (Wildman–Crippen MR) is 78.7 cm³/mol. The van der Waals surface area contributed by atoms with Gasteiger partial charge in [0.25, 0.3) is 0 Å². The molecule has 3 aliphatic heterocycles. The van der Waals surface area contributed by atoms with E-state index in [0.717, 1.165) is 4.90 Å². The molecule has 21 heavy (non-hydrogen) atoms. The number of carbonyl (C=O) groups is 2. The molecule has 1 aromatic carbocycles. The van der Waals surface area contributed by atoms with Crippen LogP contribution < -0.4 is 4.90 Å². The van der Waals surface area contributed by atoms with E-state index in [4.69, 9.17) is 39.5 Å². The van der Waals surface area contributed by atoms with Crippen LogP contribution in [0.25, 0.3) is 0 Å². The van der Waals surface area contributed by atoms with Gasteiger partial charge in [-0.3, -0.25) is 9.59 Å². The van der Waals surface area contributed by atoms with Crippen molar-refractivity contribution >= 4 is 52.3 Å². The highest BCUT2D eigenvalue weighted by Crippen LogP contribution is 2.48. The van der Waals surface area contributed by atoms with E-state index in [9.17, 15) is 9.59 Å². The molecule has 2 amide bonds. The van der Waals surface area contributed by atoms with E-state index >= 15 is 0 Å². The Balaban J connectivity index is 1.80. The summed E-state index contributed by atoms with van der Waals surface area (Å²) < 4.78 is 5.58. The highest BCUT2D eigenvalue weighted by molar-refractivity contribution is 6.44. The number of nitrogens with zero attached hydrogens (tertiary/aromatic N) is 1. The quantitative estimate of drug-likeness (QED) is 0.447. The number of hydrogen-bond acceptors (Lipinski definition) is 3. The molecular weight excluding hydrogens is 337 g/mol. The van der Waals surface area contributed by atoms with Crippen LogP contribution in [-0.2, 0) is 14.3 Å². The molecule has 2 bridgehead atoms. The van der Waals surface area contributed by atoms with Crippen molar-refractivity contribution in [2.75, 3.05) is 4.90 Å². The first kappa shape index (κ1) is 13.6. The third kappa shape index (κ3) is 1.73. The largest absolute Gasteiger partial charge is 0.365 e. The molecule has 3 aliphatic rings. The van der Waals surface area contributed by atoms with E-state index in [1.54, 1.807) is 0 Å². The van der Waals surface area contributed by atoms with Crippen LogP contribution in [0, 0.1) is 11.8 Å². The lowest BCUT2D eigenvalue weighted by Crippen LogP contribution is -2.34. The number of benzene rings is 1. The Morgan fingerprint density at radius 3 is 1.95 bits per heavy atom. The summed E-state index contributed by atoms with van der Waals surface area (Å²) in [4.78, 5) is 26.3. The average molecular weight is 345 g/mol. The number of imide groups is 1.